The molecule has 1 amide bonds. The van der Waals surface area contributed by atoms with E-state index in [1.54, 1.807) is 23.1 Å². The number of rotatable bonds is 5. The van der Waals surface area contributed by atoms with E-state index in [1.807, 2.05) is 6.26 Å². The Morgan fingerprint density at radius 1 is 1.33 bits per heavy atom. The van der Waals surface area contributed by atoms with Crippen LogP contribution < -0.4 is 5.32 Å². The summed E-state index contributed by atoms with van der Waals surface area (Å²) in [5.41, 5.74) is 0.497. The molecule has 0 atom stereocenters. The summed E-state index contributed by atoms with van der Waals surface area (Å²) in [7, 11) is 0. The number of piperidine rings is 1. The maximum Gasteiger partial charge on any atom is 0.251 e. The van der Waals surface area contributed by atoms with Gasteiger partial charge in [-0.3, -0.25) is 9.69 Å². The van der Waals surface area contributed by atoms with Crippen LogP contribution in [0, 0.1) is 5.82 Å². The predicted octanol–water partition coefficient (Wildman–Crippen LogP) is 2.79. The Morgan fingerprint density at radius 2 is 2.04 bits per heavy atom. The molecule has 0 aliphatic carbocycles. The molecule has 1 N–H and O–H groups in total. The number of nitrogens with zero attached hydrogens (tertiary/aromatic N) is 3. The highest BCUT2D eigenvalue weighted by atomic mass is 32.2. The van der Waals surface area contributed by atoms with Crippen LogP contribution in [0.25, 0.3) is 0 Å². The van der Waals surface area contributed by atoms with Crippen molar-refractivity contribution in [2.45, 2.75) is 29.8 Å². The van der Waals surface area contributed by atoms with Crippen LogP contribution in [0.5, 0.6) is 0 Å². The summed E-state index contributed by atoms with van der Waals surface area (Å²) in [6.07, 6.45) is 3.81. The minimum absolute atomic E-state index is 0.137. The van der Waals surface area contributed by atoms with Gasteiger partial charge in [0.25, 0.3) is 5.91 Å². The summed E-state index contributed by atoms with van der Waals surface area (Å²) < 4.78 is 13.9. The summed E-state index contributed by atoms with van der Waals surface area (Å²) in [4.78, 5) is 14.5. The minimum Gasteiger partial charge on any atom is -0.349 e. The quantitative estimate of drug-likeness (QED) is 0.825. The molecule has 2 heterocycles. The monoisotopic (exact) mass is 366 g/mol. The van der Waals surface area contributed by atoms with Gasteiger partial charge in [0.15, 0.2) is 4.34 Å². The van der Waals surface area contributed by atoms with Gasteiger partial charge in [-0.25, -0.2) is 4.39 Å². The Balaban J connectivity index is 1.46. The van der Waals surface area contributed by atoms with Crippen LogP contribution in [-0.2, 0) is 6.54 Å². The third-order valence-corrected chi connectivity index (χ3v) is 5.89. The molecular weight excluding hydrogens is 347 g/mol. The number of carbonyl (C=O) groups is 1. The fraction of sp³-hybridized carbons (Fsp3) is 0.438. The molecule has 0 spiro atoms. The highest BCUT2D eigenvalue weighted by Crippen LogP contribution is 2.22. The molecule has 5 nitrogen and oxygen atoms in total. The van der Waals surface area contributed by atoms with Crippen LogP contribution >= 0.6 is 23.1 Å². The zero-order valence-electron chi connectivity index (χ0n) is 13.4. The van der Waals surface area contributed by atoms with Gasteiger partial charge in [0.05, 0.1) is 6.54 Å². The van der Waals surface area contributed by atoms with Gasteiger partial charge in [-0.1, -0.05) is 23.1 Å². The Hall–Kier alpha value is -1.51. The fourth-order valence-corrected chi connectivity index (χ4v) is 4.04. The lowest BCUT2D eigenvalue weighted by Crippen LogP contribution is -2.44. The van der Waals surface area contributed by atoms with E-state index in [2.05, 4.69) is 20.4 Å². The van der Waals surface area contributed by atoms with Crippen LogP contribution in [0.3, 0.4) is 0 Å². The van der Waals surface area contributed by atoms with Crippen molar-refractivity contribution in [3.8, 4) is 0 Å². The van der Waals surface area contributed by atoms with Gasteiger partial charge in [-0.2, -0.15) is 0 Å². The number of hydrogen-bond acceptors (Lipinski definition) is 6. The predicted molar refractivity (Wildman–Crippen MR) is 93.9 cm³/mol. The molecule has 1 saturated heterocycles. The second-order valence-electron chi connectivity index (χ2n) is 5.70. The maximum absolute atomic E-state index is 12.9. The molecule has 0 unspecified atom stereocenters. The first kappa shape index (κ1) is 17.3. The van der Waals surface area contributed by atoms with E-state index in [0.717, 1.165) is 41.8 Å². The number of nitrogens with one attached hydrogen (secondary N) is 1. The Kier molecular flexibility index (Phi) is 5.80. The van der Waals surface area contributed by atoms with Crippen molar-refractivity contribution in [3.05, 3.63) is 40.7 Å². The van der Waals surface area contributed by atoms with Gasteiger partial charge in [0, 0.05) is 24.7 Å². The lowest BCUT2D eigenvalue weighted by Gasteiger charge is -2.31. The third kappa shape index (κ3) is 4.52. The Morgan fingerprint density at radius 3 is 2.67 bits per heavy atom. The molecule has 1 aromatic heterocycles. The SMILES string of the molecule is CSc1nnc(CN2CCC(NC(=O)c3ccc(F)cc3)CC2)s1. The highest BCUT2D eigenvalue weighted by molar-refractivity contribution is 8.00. The molecule has 1 aromatic carbocycles. The first-order valence-electron chi connectivity index (χ1n) is 7.79. The van der Waals surface area contributed by atoms with Gasteiger partial charge in [-0.05, 0) is 43.4 Å². The van der Waals surface area contributed by atoms with Crippen molar-refractivity contribution in [1.82, 2.24) is 20.4 Å². The number of carbonyl (C=O) groups excluding carboxylic acids is 1. The number of halogens is 1. The molecule has 0 saturated carbocycles. The average Bonchev–Trinajstić information content (AvgIpc) is 3.05. The smallest absolute Gasteiger partial charge is 0.251 e. The normalized spacial score (nSPS) is 16.2. The molecular formula is C16H19FN4OS2. The summed E-state index contributed by atoms with van der Waals surface area (Å²) in [5, 5.41) is 12.4. The third-order valence-electron chi connectivity index (χ3n) is 4.01. The van der Waals surface area contributed by atoms with E-state index in [-0.39, 0.29) is 17.8 Å². The van der Waals surface area contributed by atoms with E-state index in [4.69, 9.17) is 0 Å². The zero-order chi connectivity index (χ0) is 16.9. The molecule has 8 heteroatoms. The largest absolute Gasteiger partial charge is 0.349 e. The maximum atomic E-state index is 12.9. The molecule has 1 aliphatic rings. The molecule has 0 bridgehead atoms. The zero-order valence-corrected chi connectivity index (χ0v) is 15.0. The number of aromatic nitrogens is 2. The van der Waals surface area contributed by atoms with Crippen molar-refractivity contribution < 1.29 is 9.18 Å². The Bertz CT molecular complexity index is 684. The lowest BCUT2D eigenvalue weighted by atomic mass is 10.0. The van der Waals surface area contributed by atoms with Crippen LogP contribution in [-0.4, -0.2) is 46.4 Å². The van der Waals surface area contributed by atoms with Crippen LogP contribution in [0.15, 0.2) is 28.6 Å². The molecule has 2 aromatic rings. The summed E-state index contributed by atoms with van der Waals surface area (Å²) in [6.45, 7) is 2.65. The fourth-order valence-electron chi connectivity index (χ4n) is 2.68. The van der Waals surface area contributed by atoms with Gasteiger partial charge >= 0.3 is 0 Å². The standard InChI is InChI=1S/C16H19FN4OS2/c1-23-16-20-19-14(24-16)10-21-8-6-13(7-9-21)18-15(22)11-2-4-12(17)5-3-11/h2-5,13H,6-10H2,1H3,(H,18,22). The van der Waals surface area contributed by atoms with Crippen molar-refractivity contribution in [3.63, 3.8) is 0 Å². The minimum atomic E-state index is -0.332. The van der Waals surface area contributed by atoms with E-state index in [1.165, 1.54) is 24.3 Å². The van der Waals surface area contributed by atoms with E-state index in [9.17, 15) is 9.18 Å². The van der Waals surface area contributed by atoms with E-state index < -0.39 is 0 Å². The summed E-state index contributed by atoms with van der Waals surface area (Å²) >= 11 is 3.25. The number of hydrogen-bond donors (Lipinski definition) is 1. The highest BCUT2D eigenvalue weighted by Gasteiger charge is 2.22. The number of likely N-dealkylation sites (tertiary alicyclic amines) is 1. The van der Waals surface area contributed by atoms with Gasteiger partial charge in [0.1, 0.15) is 10.8 Å². The van der Waals surface area contributed by atoms with Gasteiger partial charge in [-0.15, -0.1) is 10.2 Å². The van der Waals surface area contributed by atoms with Crippen LogP contribution in [0.2, 0.25) is 0 Å². The molecule has 3 rings (SSSR count). The Labute approximate surface area is 148 Å². The van der Waals surface area contributed by atoms with Crippen LogP contribution in [0.4, 0.5) is 4.39 Å². The van der Waals surface area contributed by atoms with Crippen molar-refractivity contribution in [2.75, 3.05) is 19.3 Å². The first-order chi connectivity index (χ1) is 11.6. The van der Waals surface area contributed by atoms with E-state index in [0.29, 0.717) is 5.56 Å². The summed E-state index contributed by atoms with van der Waals surface area (Å²) in [5.74, 6) is -0.469. The van der Waals surface area contributed by atoms with Crippen molar-refractivity contribution >= 4 is 29.0 Å². The molecule has 24 heavy (non-hydrogen) atoms. The van der Waals surface area contributed by atoms with E-state index >= 15 is 0 Å². The molecule has 1 aliphatic heterocycles. The van der Waals surface area contributed by atoms with Crippen LogP contribution in [0.1, 0.15) is 28.2 Å². The molecule has 128 valence electrons. The van der Waals surface area contributed by atoms with Gasteiger partial charge in [0.2, 0.25) is 0 Å². The topological polar surface area (TPSA) is 58.1 Å². The average molecular weight is 366 g/mol. The van der Waals surface area contributed by atoms with Crippen molar-refractivity contribution in [2.24, 2.45) is 0 Å². The molecule has 0 radical (unpaired) electrons. The number of thioether (sulfide) groups is 1. The molecule has 1 fully saturated rings. The first-order valence-corrected chi connectivity index (χ1v) is 9.83. The number of benzene rings is 1. The van der Waals surface area contributed by atoms with Crippen molar-refractivity contribution in [1.29, 1.82) is 0 Å². The number of amides is 1. The second-order valence-corrected chi connectivity index (χ2v) is 7.81. The summed E-state index contributed by atoms with van der Waals surface area (Å²) in [6, 6.07) is 5.80. The van der Waals surface area contributed by atoms with Gasteiger partial charge < -0.3 is 5.32 Å². The lowest BCUT2D eigenvalue weighted by molar-refractivity contribution is 0.0909. The second kappa shape index (κ2) is 8.04.